The molecule has 1 fully saturated rings. The molecule has 0 saturated carbocycles. The van der Waals surface area contributed by atoms with Crippen molar-refractivity contribution in [2.45, 2.75) is 23.2 Å². The summed E-state index contributed by atoms with van der Waals surface area (Å²) in [4.78, 5) is -0.126. The van der Waals surface area contributed by atoms with Crippen LogP contribution in [-0.4, -0.2) is 60.2 Å². The van der Waals surface area contributed by atoms with Crippen molar-refractivity contribution in [1.29, 1.82) is 0 Å². The van der Waals surface area contributed by atoms with Gasteiger partial charge in [0.25, 0.3) is 0 Å². The predicted molar refractivity (Wildman–Crippen MR) is 116 cm³/mol. The Morgan fingerprint density at radius 3 is 2.28 bits per heavy atom. The second-order valence-electron chi connectivity index (χ2n) is 7.82. The molecule has 11 heteroatoms. The fourth-order valence-corrected chi connectivity index (χ4v) is 6.07. The Morgan fingerprint density at radius 1 is 1.00 bits per heavy atom. The van der Waals surface area contributed by atoms with E-state index >= 15 is 0 Å². The summed E-state index contributed by atoms with van der Waals surface area (Å²) < 4.78 is 86.2. The molecule has 1 aliphatic rings. The molecule has 0 atom stereocenters. The minimum atomic E-state index is -3.96. The van der Waals surface area contributed by atoms with Gasteiger partial charge in [-0.15, -0.1) is 0 Å². The van der Waals surface area contributed by atoms with Gasteiger partial charge < -0.3 is 4.74 Å². The summed E-state index contributed by atoms with van der Waals surface area (Å²) >= 11 is 0. The van der Waals surface area contributed by atoms with E-state index in [0.717, 1.165) is 28.6 Å². The van der Waals surface area contributed by atoms with Gasteiger partial charge in [0, 0.05) is 38.8 Å². The lowest BCUT2D eigenvalue weighted by Crippen LogP contribution is -2.46. The van der Waals surface area contributed by atoms with Gasteiger partial charge in [-0.25, -0.2) is 30.3 Å². The van der Waals surface area contributed by atoms with Crippen molar-refractivity contribution in [2.75, 3.05) is 39.1 Å². The largest absolute Gasteiger partial charge is 0.381 e. The van der Waals surface area contributed by atoms with Crippen molar-refractivity contribution >= 4 is 20.0 Å². The van der Waals surface area contributed by atoms with E-state index in [9.17, 15) is 25.6 Å². The van der Waals surface area contributed by atoms with E-state index in [0.29, 0.717) is 31.6 Å². The van der Waals surface area contributed by atoms with Gasteiger partial charge >= 0.3 is 0 Å². The van der Waals surface area contributed by atoms with Gasteiger partial charge in [-0.05, 0) is 54.8 Å². The Hall–Kier alpha value is -1.92. The third-order valence-corrected chi connectivity index (χ3v) is 8.89. The normalized spacial score (nSPS) is 16.9. The lowest BCUT2D eigenvalue weighted by Gasteiger charge is -2.38. The molecule has 0 spiro atoms. The highest BCUT2D eigenvalue weighted by molar-refractivity contribution is 7.90. The molecule has 0 unspecified atom stereocenters. The standard InChI is InChI=1S/C21H26F2N2O5S2/c1-25(32(28,29)20-7-5-18(22)6-8-20)11-14-31(26,27)24-16-21(9-12-30-13-10-21)17-3-2-4-19(23)15-17/h2-8,15,24H,9-14,16H2,1H3. The van der Waals surface area contributed by atoms with Crippen LogP contribution in [-0.2, 0) is 30.2 Å². The topological polar surface area (TPSA) is 92.8 Å². The number of hydrogen-bond donors (Lipinski definition) is 1. The monoisotopic (exact) mass is 488 g/mol. The van der Waals surface area contributed by atoms with E-state index in [1.807, 2.05) is 0 Å². The van der Waals surface area contributed by atoms with Crippen molar-refractivity contribution in [1.82, 2.24) is 9.03 Å². The molecule has 1 aliphatic heterocycles. The smallest absolute Gasteiger partial charge is 0.242 e. The van der Waals surface area contributed by atoms with Crippen molar-refractivity contribution in [3.8, 4) is 0 Å². The third kappa shape index (κ3) is 5.90. The second kappa shape index (κ2) is 9.92. The maximum absolute atomic E-state index is 13.8. The highest BCUT2D eigenvalue weighted by atomic mass is 32.2. The van der Waals surface area contributed by atoms with Crippen molar-refractivity contribution in [2.24, 2.45) is 0 Å². The van der Waals surface area contributed by atoms with E-state index < -0.39 is 42.8 Å². The molecule has 176 valence electrons. The average molecular weight is 489 g/mol. The Labute approximate surface area is 187 Å². The van der Waals surface area contributed by atoms with Gasteiger partial charge in [-0.3, -0.25) is 0 Å². The van der Waals surface area contributed by atoms with Crippen LogP contribution < -0.4 is 4.72 Å². The summed E-state index contributed by atoms with van der Waals surface area (Å²) in [5.41, 5.74) is 0.0824. The molecule has 0 bridgehead atoms. The number of nitrogens with zero attached hydrogens (tertiary/aromatic N) is 1. The van der Waals surface area contributed by atoms with Gasteiger partial charge in [0.2, 0.25) is 20.0 Å². The van der Waals surface area contributed by atoms with Crippen LogP contribution in [0.15, 0.2) is 53.4 Å². The lowest BCUT2D eigenvalue weighted by molar-refractivity contribution is 0.0516. The van der Waals surface area contributed by atoms with E-state index in [1.54, 1.807) is 12.1 Å². The lowest BCUT2D eigenvalue weighted by atomic mass is 9.74. The molecule has 7 nitrogen and oxygen atoms in total. The molecule has 1 heterocycles. The van der Waals surface area contributed by atoms with Crippen LogP contribution in [0, 0.1) is 11.6 Å². The molecule has 3 rings (SSSR count). The summed E-state index contributed by atoms with van der Waals surface area (Å²) in [5, 5.41) is 0. The maximum atomic E-state index is 13.8. The van der Waals surface area contributed by atoms with Crippen molar-refractivity contribution in [3.05, 3.63) is 65.7 Å². The van der Waals surface area contributed by atoms with Gasteiger partial charge in [-0.2, -0.15) is 4.31 Å². The summed E-state index contributed by atoms with van der Waals surface area (Å²) in [6.07, 6.45) is 1.05. The highest BCUT2D eigenvalue weighted by Gasteiger charge is 2.36. The Balaban J connectivity index is 1.67. The highest BCUT2D eigenvalue weighted by Crippen LogP contribution is 2.34. The molecule has 0 aromatic heterocycles. The molecule has 2 aromatic carbocycles. The van der Waals surface area contributed by atoms with Gasteiger partial charge in [0.15, 0.2) is 0 Å². The number of rotatable bonds is 9. The number of sulfonamides is 2. The molecule has 0 amide bonds. The van der Waals surface area contributed by atoms with E-state index in [1.165, 1.54) is 19.2 Å². The maximum Gasteiger partial charge on any atom is 0.242 e. The number of benzene rings is 2. The number of ether oxygens (including phenoxy) is 1. The fourth-order valence-electron chi connectivity index (χ4n) is 3.62. The van der Waals surface area contributed by atoms with Gasteiger partial charge in [0.05, 0.1) is 10.6 Å². The van der Waals surface area contributed by atoms with Crippen LogP contribution in [0.4, 0.5) is 8.78 Å². The van der Waals surface area contributed by atoms with Crippen LogP contribution in [0.1, 0.15) is 18.4 Å². The van der Waals surface area contributed by atoms with E-state index in [-0.39, 0.29) is 18.0 Å². The van der Waals surface area contributed by atoms with Crippen LogP contribution in [0.5, 0.6) is 0 Å². The van der Waals surface area contributed by atoms with Crippen LogP contribution in [0.3, 0.4) is 0 Å². The summed E-state index contributed by atoms with van der Waals surface area (Å²) in [5.74, 6) is -1.43. The molecular formula is C21H26F2N2O5S2. The summed E-state index contributed by atoms with van der Waals surface area (Å²) in [7, 11) is -6.52. The first-order valence-corrected chi connectivity index (χ1v) is 13.2. The molecule has 1 N–H and O–H groups in total. The zero-order chi connectivity index (χ0) is 23.4. The zero-order valence-corrected chi connectivity index (χ0v) is 19.3. The van der Waals surface area contributed by atoms with E-state index in [2.05, 4.69) is 4.72 Å². The number of halogens is 2. The third-order valence-electron chi connectivity index (χ3n) is 5.71. The Bertz CT molecular complexity index is 1130. The van der Waals surface area contributed by atoms with Crippen LogP contribution in [0.2, 0.25) is 0 Å². The minimum Gasteiger partial charge on any atom is -0.381 e. The number of nitrogens with one attached hydrogen (secondary N) is 1. The fraction of sp³-hybridized carbons (Fsp3) is 0.429. The van der Waals surface area contributed by atoms with Gasteiger partial charge in [0.1, 0.15) is 11.6 Å². The Morgan fingerprint density at radius 2 is 1.66 bits per heavy atom. The SMILES string of the molecule is CN(CCS(=O)(=O)NCC1(c2cccc(F)c2)CCOCC1)S(=O)(=O)c1ccc(F)cc1. The molecule has 32 heavy (non-hydrogen) atoms. The van der Waals surface area contributed by atoms with Gasteiger partial charge in [-0.1, -0.05) is 12.1 Å². The van der Waals surface area contributed by atoms with E-state index in [4.69, 9.17) is 4.74 Å². The van der Waals surface area contributed by atoms with Crippen molar-refractivity contribution < 1.29 is 30.4 Å². The quantitative estimate of drug-likeness (QED) is 0.585. The average Bonchev–Trinajstić information content (AvgIpc) is 2.77. The first-order chi connectivity index (χ1) is 15.0. The second-order valence-corrected chi connectivity index (χ2v) is 11.8. The Kier molecular flexibility index (Phi) is 7.66. The summed E-state index contributed by atoms with van der Waals surface area (Å²) in [6.45, 7) is 0.621. The summed E-state index contributed by atoms with van der Waals surface area (Å²) in [6, 6.07) is 10.4. The van der Waals surface area contributed by atoms with Crippen LogP contribution in [0.25, 0.3) is 0 Å². The molecule has 1 saturated heterocycles. The van der Waals surface area contributed by atoms with Crippen molar-refractivity contribution in [3.63, 3.8) is 0 Å². The number of hydrogen-bond acceptors (Lipinski definition) is 5. The first-order valence-electron chi connectivity index (χ1n) is 10.1. The molecule has 2 aromatic rings. The van der Waals surface area contributed by atoms with Crippen LogP contribution >= 0.6 is 0 Å². The molecular weight excluding hydrogens is 462 g/mol. The first kappa shape index (κ1) is 24.7. The molecule has 0 radical (unpaired) electrons. The predicted octanol–water partition coefficient (Wildman–Crippen LogP) is 2.25. The zero-order valence-electron chi connectivity index (χ0n) is 17.6. The molecule has 0 aliphatic carbocycles. The minimum absolute atomic E-state index is 0.0522.